The maximum atomic E-state index is 13.1. The van der Waals surface area contributed by atoms with Crippen molar-refractivity contribution in [3.8, 4) is 0 Å². The summed E-state index contributed by atoms with van der Waals surface area (Å²) in [5.41, 5.74) is 16.9. The van der Waals surface area contributed by atoms with Crippen molar-refractivity contribution in [1.82, 2.24) is 16.0 Å². The lowest BCUT2D eigenvalue weighted by molar-refractivity contribution is -0.142. The van der Waals surface area contributed by atoms with Crippen LogP contribution in [-0.2, 0) is 30.4 Å². The van der Waals surface area contributed by atoms with Crippen LogP contribution in [0.25, 0.3) is 0 Å². The van der Waals surface area contributed by atoms with Crippen LogP contribution in [0.1, 0.15) is 31.2 Å². The molecule has 0 aliphatic carbocycles. The molecule has 0 fully saturated rings. The number of guanidine groups is 1. The molecule has 38 heavy (non-hydrogen) atoms. The second-order valence-corrected chi connectivity index (χ2v) is 8.75. The molecule has 15 heteroatoms. The fourth-order valence-corrected chi connectivity index (χ4v) is 3.50. The van der Waals surface area contributed by atoms with Gasteiger partial charge in [0.15, 0.2) is 5.96 Å². The SMILES string of the molecule is NC(N)=NCCCC(NC(=O)C(Cc1ccccc1)NC(=O)C(CS)NC(=O)C(N)CCC(=O)O)C(=O)O. The number of hydrogen-bond acceptors (Lipinski definition) is 8. The second kappa shape index (κ2) is 16.8. The molecule has 14 nitrogen and oxygen atoms in total. The first-order valence-electron chi connectivity index (χ1n) is 11.8. The summed E-state index contributed by atoms with van der Waals surface area (Å²) < 4.78 is 0. The Morgan fingerprint density at radius 2 is 1.45 bits per heavy atom. The molecule has 0 saturated heterocycles. The Hall–Kier alpha value is -3.85. The molecule has 4 atom stereocenters. The van der Waals surface area contributed by atoms with Gasteiger partial charge in [-0.3, -0.25) is 24.2 Å². The molecule has 0 aromatic heterocycles. The average molecular weight is 554 g/mol. The van der Waals surface area contributed by atoms with Gasteiger partial charge in [0.1, 0.15) is 18.1 Å². The number of thiol groups is 1. The Kier molecular flexibility index (Phi) is 14.2. The van der Waals surface area contributed by atoms with E-state index in [1.165, 1.54) is 0 Å². The van der Waals surface area contributed by atoms with E-state index < -0.39 is 53.8 Å². The van der Waals surface area contributed by atoms with Gasteiger partial charge in [0.25, 0.3) is 0 Å². The zero-order chi connectivity index (χ0) is 28.7. The van der Waals surface area contributed by atoms with Gasteiger partial charge in [-0.1, -0.05) is 30.3 Å². The quantitative estimate of drug-likeness (QED) is 0.0441. The number of hydrogen-bond donors (Lipinski definition) is 9. The van der Waals surface area contributed by atoms with Gasteiger partial charge in [-0.05, 0) is 24.8 Å². The lowest BCUT2D eigenvalue weighted by Crippen LogP contribution is -2.58. The lowest BCUT2D eigenvalue weighted by atomic mass is 10.0. The van der Waals surface area contributed by atoms with Crippen molar-refractivity contribution in [3.63, 3.8) is 0 Å². The molecule has 0 spiro atoms. The van der Waals surface area contributed by atoms with Crippen LogP contribution in [0.4, 0.5) is 0 Å². The molecule has 1 aromatic carbocycles. The minimum absolute atomic E-state index is 0.0319. The highest BCUT2D eigenvalue weighted by Gasteiger charge is 2.30. The third-order valence-electron chi connectivity index (χ3n) is 5.30. The van der Waals surface area contributed by atoms with Crippen LogP contribution in [-0.4, -0.2) is 82.3 Å². The van der Waals surface area contributed by atoms with Crippen LogP contribution < -0.4 is 33.2 Å². The van der Waals surface area contributed by atoms with E-state index in [1.807, 2.05) is 0 Å². The van der Waals surface area contributed by atoms with E-state index in [0.717, 1.165) is 0 Å². The van der Waals surface area contributed by atoms with E-state index in [9.17, 15) is 29.1 Å². The van der Waals surface area contributed by atoms with Crippen molar-refractivity contribution in [2.24, 2.45) is 22.2 Å². The topological polar surface area (TPSA) is 252 Å². The smallest absolute Gasteiger partial charge is 0.326 e. The van der Waals surface area contributed by atoms with Gasteiger partial charge in [-0.25, -0.2) is 4.79 Å². The van der Waals surface area contributed by atoms with E-state index in [-0.39, 0.29) is 50.4 Å². The van der Waals surface area contributed by atoms with Crippen molar-refractivity contribution in [3.05, 3.63) is 35.9 Å². The van der Waals surface area contributed by atoms with Crippen molar-refractivity contribution in [2.75, 3.05) is 12.3 Å². The molecule has 11 N–H and O–H groups in total. The van der Waals surface area contributed by atoms with Gasteiger partial charge in [-0.2, -0.15) is 12.6 Å². The van der Waals surface area contributed by atoms with Gasteiger partial charge in [0.05, 0.1) is 6.04 Å². The highest BCUT2D eigenvalue weighted by molar-refractivity contribution is 7.80. The maximum absolute atomic E-state index is 13.1. The molecule has 0 heterocycles. The monoisotopic (exact) mass is 553 g/mol. The first-order valence-corrected chi connectivity index (χ1v) is 12.4. The summed E-state index contributed by atoms with van der Waals surface area (Å²) in [6, 6.07) is 3.90. The number of amides is 3. The molecular weight excluding hydrogens is 518 g/mol. The number of nitrogens with one attached hydrogen (secondary N) is 3. The molecule has 210 valence electrons. The predicted octanol–water partition coefficient (Wildman–Crippen LogP) is -2.06. The number of benzene rings is 1. The first kappa shape index (κ1) is 32.2. The number of aliphatic imine (C=N–C) groups is 1. The molecule has 0 saturated carbocycles. The third-order valence-corrected chi connectivity index (χ3v) is 5.66. The van der Waals surface area contributed by atoms with E-state index in [4.69, 9.17) is 22.3 Å². The van der Waals surface area contributed by atoms with Crippen molar-refractivity contribution in [2.45, 2.75) is 56.3 Å². The standard InChI is InChI=1S/C23H35N7O7S/c24-14(8-9-18(31)32)19(33)30-17(12-38)21(35)29-16(11-13-5-2-1-3-6-13)20(34)28-15(22(36)37)7-4-10-27-23(25)26/h1-3,5-6,14-17,38H,4,7-12,24H2,(H,28,34)(H,29,35)(H,30,33)(H,31,32)(H,36,37)(H4,25,26,27). The first-order chi connectivity index (χ1) is 17.9. The average Bonchev–Trinajstić information content (AvgIpc) is 2.86. The molecule has 0 bridgehead atoms. The normalized spacial score (nSPS) is 13.7. The maximum Gasteiger partial charge on any atom is 0.326 e. The zero-order valence-electron chi connectivity index (χ0n) is 20.7. The number of carbonyl (C=O) groups is 5. The number of carboxylic acids is 2. The molecule has 0 aliphatic rings. The summed E-state index contributed by atoms with van der Waals surface area (Å²) >= 11 is 4.08. The Morgan fingerprint density at radius 3 is 2.00 bits per heavy atom. The van der Waals surface area contributed by atoms with Gasteiger partial charge in [-0.15, -0.1) is 0 Å². The summed E-state index contributed by atoms with van der Waals surface area (Å²) in [6.07, 6.45) is -0.124. The van der Waals surface area contributed by atoms with Crippen LogP contribution in [0.15, 0.2) is 35.3 Å². The summed E-state index contributed by atoms with van der Waals surface area (Å²) in [5.74, 6) is -4.94. The number of aliphatic carboxylic acids is 2. The molecular formula is C23H35N7O7S. The summed E-state index contributed by atoms with van der Waals surface area (Å²) in [4.78, 5) is 64.6. The van der Waals surface area contributed by atoms with E-state index in [1.54, 1.807) is 30.3 Å². The predicted molar refractivity (Wildman–Crippen MR) is 142 cm³/mol. The Balaban J connectivity index is 2.96. The van der Waals surface area contributed by atoms with Crippen LogP contribution in [0.5, 0.6) is 0 Å². The van der Waals surface area contributed by atoms with Crippen molar-refractivity contribution in [1.29, 1.82) is 0 Å². The number of carbonyl (C=O) groups excluding carboxylic acids is 3. The van der Waals surface area contributed by atoms with Crippen molar-refractivity contribution < 1.29 is 34.2 Å². The van der Waals surface area contributed by atoms with Crippen LogP contribution in [0.2, 0.25) is 0 Å². The fraction of sp³-hybridized carbons (Fsp3) is 0.478. The Morgan fingerprint density at radius 1 is 0.868 bits per heavy atom. The molecule has 4 unspecified atom stereocenters. The zero-order valence-corrected chi connectivity index (χ0v) is 21.6. The highest BCUT2D eigenvalue weighted by Crippen LogP contribution is 2.07. The van der Waals surface area contributed by atoms with Crippen LogP contribution in [0, 0.1) is 0 Å². The number of carboxylic acid groups (broad SMARTS) is 2. The highest BCUT2D eigenvalue weighted by atomic mass is 32.1. The van der Waals surface area contributed by atoms with E-state index >= 15 is 0 Å². The molecule has 3 amide bonds. The van der Waals surface area contributed by atoms with Gasteiger partial charge in [0, 0.05) is 25.1 Å². The van der Waals surface area contributed by atoms with Gasteiger partial charge in [0.2, 0.25) is 17.7 Å². The second-order valence-electron chi connectivity index (χ2n) is 8.38. The summed E-state index contributed by atoms with van der Waals surface area (Å²) in [7, 11) is 0. The molecule has 0 aliphatic heterocycles. The lowest BCUT2D eigenvalue weighted by Gasteiger charge is -2.24. The molecule has 0 radical (unpaired) electrons. The fourth-order valence-electron chi connectivity index (χ4n) is 3.25. The summed E-state index contributed by atoms with van der Waals surface area (Å²) in [6.45, 7) is 0.171. The molecule has 1 aromatic rings. The number of rotatable bonds is 17. The number of nitrogens with zero attached hydrogens (tertiary/aromatic N) is 1. The minimum Gasteiger partial charge on any atom is -0.481 e. The third kappa shape index (κ3) is 12.4. The van der Waals surface area contributed by atoms with E-state index in [2.05, 4.69) is 33.6 Å². The molecule has 1 rings (SSSR count). The van der Waals surface area contributed by atoms with Gasteiger partial charge >= 0.3 is 11.9 Å². The van der Waals surface area contributed by atoms with Crippen molar-refractivity contribution >= 4 is 48.2 Å². The van der Waals surface area contributed by atoms with Crippen LogP contribution in [0.3, 0.4) is 0 Å². The van der Waals surface area contributed by atoms with Gasteiger partial charge < -0.3 is 43.4 Å². The Labute approximate surface area is 225 Å². The number of nitrogens with two attached hydrogens (primary N) is 3. The van der Waals surface area contributed by atoms with E-state index in [0.29, 0.717) is 5.56 Å². The van der Waals surface area contributed by atoms with Crippen LogP contribution >= 0.6 is 12.6 Å². The Bertz CT molecular complexity index is 990. The largest absolute Gasteiger partial charge is 0.481 e. The minimum atomic E-state index is -1.27. The summed E-state index contributed by atoms with van der Waals surface area (Å²) in [5, 5.41) is 25.7.